The first-order valence-corrected chi connectivity index (χ1v) is 9.80. The summed E-state index contributed by atoms with van der Waals surface area (Å²) in [6.07, 6.45) is 1.91. The van der Waals surface area contributed by atoms with Gasteiger partial charge in [0.05, 0.1) is 17.9 Å². The van der Waals surface area contributed by atoms with Crippen LogP contribution in [0.2, 0.25) is 0 Å². The average Bonchev–Trinajstić information content (AvgIpc) is 3.19. The van der Waals surface area contributed by atoms with Crippen LogP contribution < -0.4 is 10.6 Å². The minimum atomic E-state index is 0. The number of aliphatic imine (C=N–C) groups is 1. The summed E-state index contributed by atoms with van der Waals surface area (Å²) < 4.78 is 2.00. The summed E-state index contributed by atoms with van der Waals surface area (Å²) in [6, 6.07) is 0. The van der Waals surface area contributed by atoms with E-state index in [-0.39, 0.29) is 24.0 Å². The molecule has 6 nitrogen and oxygen atoms in total. The van der Waals surface area contributed by atoms with Gasteiger partial charge in [0, 0.05) is 37.3 Å². The second-order valence-electron chi connectivity index (χ2n) is 6.30. The summed E-state index contributed by atoms with van der Waals surface area (Å²) in [5.74, 6) is 1.25. The van der Waals surface area contributed by atoms with Gasteiger partial charge in [0.1, 0.15) is 5.01 Å². The van der Waals surface area contributed by atoms with E-state index < -0.39 is 0 Å². The van der Waals surface area contributed by atoms with Crippen LogP contribution in [0.15, 0.2) is 10.4 Å². The molecule has 2 aromatic rings. The number of thiazole rings is 1. The third-order valence-electron chi connectivity index (χ3n) is 4.25. The maximum absolute atomic E-state index is 4.65. The van der Waals surface area contributed by atoms with Gasteiger partial charge in [-0.15, -0.1) is 35.3 Å². The molecule has 146 valence electrons. The smallest absolute Gasteiger partial charge is 0.191 e. The molecular weight excluding hydrogens is 459 g/mol. The average molecular weight is 490 g/mol. The highest BCUT2D eigenvalue weighted by molar-refractivity contribution is 14.0. The Morgan fingerprint density at radius 2 is 1.92 bits per heavy atom. The summed E-state index contributed by atoms with van der Waals surface area (Å²) >= 11 is 1.69. The Labute approximate surface area is 177 Å². The molecule has 0 aliphatic heterocycles. The second-order valence-corrected chi connectivity index (χ2v) is 7.25. The Morgan fingerprint density at radius 1 is 1.23 bits per heavy atom. The van der Waals surface area contributed by atoms with Gasteiger partial charge in [0.25, 0.3) is 0 Å². The van der Waals surface area contributed by atoms with Crippen molar-refractivity contribution >= 4 is 41.3 Å². The second kappa shape index (κ2) is 10.9. The fraction of sp³-hybridized carbons (Fsp3) is 0.611. The van der Waals surface area contributed by atoms with Crippen LogP contribution >= 0.6 is 35.3 Å². The number of hydrogen-bond donors (Lipinski definition) is 2. The number of halogens is 1. The first-order valence-electron chi connectivity index (χ1n) is 8.92. The number of aromatic nitrogens is 3. The topological polar surface area (TPSA) is 67.1 Å². The standard InChI is InChI=1S/C18H30N6S.HI/c1-7-14-13(16(8-2)24(6)23-14)9-20-18(19-5)21-10-17-22-15(11-25-17)12(3)4;/h11-12H,7-10H2,1-6H3,(H2,19,20,21);1H. The van der Waals surface area contributed by atoms with Crippen LogP contribution in [0.3, 0.4) is 0 Å². The molecule has 2 N–H and O–H groups in total. The molecule has 0 bridgehead atoms. The van der Waals surface area contributed by atoms with E-state index in [2.05, 4.69) is 58.8 Å². The minimum Gasteiger partial charge on any atom is -0.352 e. The zero-order chi connectivity index (χ0) is 18.4. The molecule has 0 saturated carbocycles. The number of guanidine groups is 1. The molecule has 0 amide bonds. The van der Waals surface area contributed by atoms with Gasteiger partial charge in [-0.05, 0) is 18.8 Å². The van der Waals surface area contributed by atoms with Crippen molar-refractivity contribution in [3.05, 3.63) is 33.0 Å². The van der Waals surface area contributed by atoms with Crippen LogP contribution in [0.25, 0.3) is 0 Å². The predicted molar refractivity (Wildman–Crippen MR) is 121 cm³/mol. The van der Waals surface area contributed by atoms with Crippen molar-refractivity contribution in [2.75, 3.05) is 7.05 Å². The van der Waals surface area contributed by atoms with Crippen LogP contribution in [0.5, 0.6) is 0 Å². The maximum Gasteiger partial charge on any atom is 0.191 e. The van der Waals surface area contributed by atoms with E-state index in [1.165, 1.54) is 11.3 Å². The Kier molecular flexibility index (Phi) is 9.56. The Hall–Kier alpha value is -1.16. The minimum absolute atomic E-state index is 0. The van der Waals surface area contributed by atoms with E-state index in [4.69, 9.17) is 0 Å². The molecule has 2 rings (SSSR count). The van der Waals surface area contributed by atoms with Gasteiger partial charge in [-0.3, -0.25) is 9.67 Å². The van der Waals surface area contributed by atoms with Gasteiger partial charge in [0.15, 0.2) is 5.96 Å². The summed E-state index contributed by atoms with van der Waals surface area (Å²) in [4.78, 5) is 8.97. The van der Waals surface area contributed by atoms with Crippen molar-refractivity contribution in [2.24, 2.45) is 12.0 Å². The molecule has 26 heavy (non-hydrogen) atoms. The van der Waals surface area contributed by atoms with Crippen molar-refractivity contribution in [1.82, 2.24) is 25.4 Å². The summed E-state index contributed by atoms with van der Waals surface area (Å²) in [5, 5.41) is 14.6. The van der Waals surface area contributed by atoms with Crippen LogP contribution in [-0.2, 0) is 33.0 Å². The van der Waals surface area contributed by atoms with E-state index in [9.17, 15) is 0 Å². The van der Waals surface area contributed by atoms with Gasteiger partial charge in [-0.1, -0.05) is 27.7 Å². The fourth-order valence-corrected chi connectivity index (χ4v) is 3.71. The van der Waals surface area contributed by atoms with Gasteiger partial charge in [-0.2, -0.15) is 5.10 Å². The first kappa shape index (κ1) is 22.9. The third kappa shape index (κ3) is 5.67. The molecule has 2 heterocycles. The quantitative estimate of drug-likeness (QED) is 0.354. The summed E-state index contributed by atoms with van der Waals surface area (Å²) in [6.45, 7) is 10.1. The number of nitrogens with one attached hydrogen (secondary N) is 2. The SMILES string of the molecule is CCc1nn(C)c(CC)c1CNC(=NC)NCc1nc(C(C)C)cs1.I. The number of rotatable bonds is 7. The van der Waals surface area contributed by atoms with Crippen LogP contribution in [0, 0.1) is 0 Å². The monoisotopic (exact) mass is 490 g/mol. The zero-order valence-electron chi connectivity index (χ0n) is 16.6. The molecule has 2 aromatic heterocycles. The third-order valence-corrected chi connectivity index (χ3v) is 5.12. The number of aryl methyl sites for hydroxylation is 2. The lowest BCUT2D eigenvalue weighted by molar-refractivity contribution is 0.702. The molecule has 8 heteroatoms. The van der Waals surface area contributed by atoms with Crippen molar-refractivity contribution in [3.63, 3.8) is 0 Å². The fourth-order valence-electron chi connectivity index (χ4n) is 2.82. The van der Waals surface area contributed by atoms with E-state index in [1.807, 2.05) is 11.7 Å². The molecule has 0 saturated heterocycles. The molecule has 0 aliphatic rings. The zero-order valence-corrected chi connectivity index (χ0v) is 19.7. The molecule has 0 aliphatic carbocycles. The lowest BCUT2D eigenvalue weighted by Crippen LogP contribution is -2.36. The molecule has 0 unspecified atom stereocenters. The van der Waals surface area contributed by atoms with Crippen molar-refractivity contribution < 1.29 is 0 Å². The van der Waals surface area contributed by atoms with Gasteiger partial charge >= 0.3 is 0 Å². The van der Waals surface area contributed by atoms with Gasteiger partial charge < -0.3 is 10.6 Å². The Balaban J connectivity index is 0.00000338. The van der Waals surface area contributed by atoms with Crippen molar-refractivity contribution in [3.8, 4) is 0 Å². The maximum atomic E-state index is 4.65. The van der Waals surface area contributed by atoms with Crippen molar-refractivity contribution in [1.29, 1.82) is 0 Å². The molecule has 0 radical (unpaired) electrons. The van der Waals surface area contributed by atoms with E-state index in [0.717, 1.165) is 41.7 Å². The van der Waals surface area contributed by atoms with E-state index in [1.54, 1.807) is 18.4 Å². The highest BCUT2D eigenvalue weighted by atomic mass is 127. The highest BCUT2D eigenvalue weighted by Gasteiger charge is 2.14. The highest BCUT2D eigenvalue weighted by Crippen LogP contribution is 2.17. The summed E-state index contributed by atoms with van der Waals surface area (Å²) in [7, 11) is 3.81. The Morgan fingerprint density at radius 3 is 2.46 bits per heavy atom. The van der Waals surface area contributed by atoms with Gasteiger partial charge in [0.2, 0.25) is 0 Å². The van der Waals surface area contributed by atoms with Crippen molar-refractivity contribution in [2.45, 2.75) is 59.5 Å². The number of hydrogen-bond acceptors (Lipinski definition) is 4. The Bertz CT molecular complexity index is 719. The largest absolute Gasteiger partial charge is 0.352 e. The van der Waals surface area contributed by atoms with E-state index >= 15 is 0 Å². The molecule has 0 atom stereocenters. The summed E-state index contributed by atoms with van der Waals surface area (Å²) in [5.41, 5.74) is 4.87. The molecular formula is C18H31IN6S. The van der Waals surface area contributed by atoms with Gasteiger partial charge in [-0.25, -0.2) is 4.98 Å². The number of nitrogens with zero attached hydrogens (tertiary/aromatic N) is 4. The normalized spacial score (nSPS) is 11.6. The van der Waals surface area contributed by atoms with Crippen LogP contribution in [0.1, 0.15) is 61.3 Å². The van der Waals surface area contributed by atoms with Crippen LogP contribution in [-0.4, -0.2) is 27.8 Å². The van der Waals surface area contributed by atoms with E-state index in [0.29, 0.717) is 12.5 Å². The predicted octanol–water partition coefficient (Wildman–Crippen LogP) is 3.61. The lowest BCUT2D eigenvalue weighted by atomic mass is 10.1. The lowest BCUT2D eigenvalue weighted by Gasteiger charge is -2.12. The molecule has 0 aromatic carbocycles. The molecule has 0 fully saturated rings. The van der Waals surface area contributed by atoms with Crippen LogP contribution in [0.4, 0.5) is 0 Å². The molecule has 0 spiro atoms. The first-order chi connectivity index (χ1) is 12.0.